The van der Waals surface area contributed by atoms with Crippen LogP contribution in [0.3, 0.4) is 0 Å². The first kappa shape index (κ1) is 12.4. The van der Waals surface area contributed by atoms with Gasteiger partial charge in [-0.05, 0) is 38.8 Å². The Morgan fingerprint density at radius 2 is 2.06 bits per heavy atom. The third-order valence-electron chi connectivity index (χ3n) is 3.83. The number of pyridine rings is 1. The molecular formula is C14H23N3. The fourth-order valence-corrected chi connectivity index (χ4v) is 2.69. The van der Waals surface area contributed by atoms with Crippen molar-refractivity contribution in [1.29, 1.82) is 0 Å². The van der Waals surface area contributed by atoms with Crippen LogP contribution in [-0.2, 0) is 6.54 Å². The molecule has 1 aliphatic rings. The lowest BCUT2D eigenvalue weighted by Gasteiger charge is -2.38. The quantitative estimate of drug-likeness (QED) is 0.870. The van der Waals surface area contributed by atoms with E-state index in [0.29, 0.717) is 12.1 Å². The Balaban J connectivity index is 2.07. The number of aromatic nitrogens is 1. The first-order valence-electron chi connectivity index (χ1n) is 6.59. The van der Waals surface area contributed by atoms with Gasteiger partial charge in [0.25, 0.3) is 0 Å². The first-order valence-corrected chi connectivity index (χ1v) is 6.59. The maximum Gasteiger partial charge on any atom is 0.0564 e. The molecule has 1 aliphatic heterocycles. The highest BCUT2D eigenvalue weighted by molar-refractivity contribution is 5.42. The average molecular weight is 233 g/mol. The minimum Gasteiger partial charge on any atom is -0.388 e. The highest BCUT2D eigenvalue weighted by atomic mass is 15.2. The minimum atomic E-state index is 0.679. The normalized spacial score (nSPS) is 25.8. The molecule has 1 fully saturated rings. The summed E-state index contributed by atoms with van der Waals surface area (Å²) in [4.78, 5) is 7.04. The highest BCUT2D eigenvalue weighted by Crippen LogP contribution is 2.24. The number of anilines is 1. The predicted octanol–water partition coefficient (Wildman–Crippen LogP) is 2.89. The molecule has 2 atom stereocenters. The highest BCUT2D eigenvalue weighted by Gasteiger charge is 2.24. The van der Waals surface area contributed by atoms with Gasteiger partial charge in [-0.2, -0.15) is 0 Å². The van der Waals surface area contributed by atoms with Crippen molar-refractivity contribution < 1.29 is 0 Å². The largest absolute Gasteiger partial charge is 0.388 e. The van der Waals surface area contributed by atoms with E-state index >= 15 is 0 Å². The Hall–Kier alpha value is -1.09. The molecule has 0 amide bonds. The molecule has 3 heteroatoms. The summed E-state index contributed by atoms with van der Waals surface area (Å²) in [7, 11) is 1.95. The lowest BCUT2D eigenvalue weighted by Crippen LogP contribution is -2.43. The molecular weight excluding hydrogens is 210 g/mol. The van der Waals surface area contributed by atoms with Crippen molar-refractivity contribution in [3.8, 4) is 0 Å². The summed E-state index contributed by atoms with van der Waals surface area (Å²) in [6.45, 7) is 5.63. The van der Waals surface area contributed by atoms with Crippen molar-refractivity contribution in [1.82, 2.24) is 9.88 Å². The van der Waals surface area contributed by atoms with E-state index in [1.807, 2.05) is 19.3 Å². The summed E-state index contributed by atoms with van der Waals surface area (Å²) in [5.74, 6) is 0. The van der Waals surface area contributed by atoms with Crippen molar-refractivity contribution in [2.75, 3.05) is 12.4 Å². The topological polar surface area (TPSA) is 28.2 Å². The van der Waals surface area contributed by atoms with Crippen LogP contribution < -0.4 is 5.32 Å². The van der Waals surface area contributed by atoms with Crippen LogP contribution in [0.15, 0.2) is 18.3 Å². The number of likely N-dealkylation sites (tertiary alicyclic amines) is 1. The number of nitrogens with zero attached hydrogens (tertiary/aromatic N) is 2. The summed E-state index contributed by atoms with van der Waals surface area (Å²) in [5, 5.41) is 3.17. The van der Waals surface area contributed by atoms with Crippen LogP contribution in [0.5, 0.6) is 0 Å². The molecule has 0 bridgehead atoms. The second kappa shape index (κ2) is 5.50. The fraction of sp³-hybridized carbons (Fsp3) is 0.643. The first-order chi connectivity index (χ1) is 8.20. The molecule has 17 heavy (non-hydrogen) atoms. The monoisotopic (exact) mass is 233 g/mol. The molecule has 2 heterocycles. The van der Waals surface area contributed by atoms with Crippen LogP contribution in [0.2, 0.25) is 0 Å². The van der Waals surface area contributed by atoms with E-state index < -0.39 is 0 Å². The van der Waals surface area contributed by atoms with E-state index in [0.717, 1.165) is 17.9 Å². The van der Waals surface area contributed by atoms with Gasteiger partial charge in [0, 0.05) is 37.6 Å². The van der Waals surface area contributed by atoms with Crippen molar-refractivity contribution >= 4 is 5.69 Å². The molecule has 0 radical (unpaired) electrons. The van der Waals surface area contributed by atoms with Gasteiger partial charge in [0.1, 0.15) is 0 Å². The van der Waals surface area contributed by atoms with Crippen molar-refractivity contribution in [2.45, 2.75) is 51.7 Å². The summed E-state index contributed by atoms with van der Waals surface area (Å²) in [6.07, 6.45) is 5.88. The van der Waals surface area contributed by atoms with Gasteiger partial charge in [-0.25, -0.2) is 0 Å². The molecule has 0 unspecified atom stereocenters. The van der Waals surface area contributed by atoms with Crippen molar-refractivity contribution in [3.05, 3.63) is 24.0 Å². The predicted molar refractivity (Wildman–Crippen MR) is 72.1 cm³/mol. The van der Waals surface area contributed by atoms with Gasteiger partial charge in [0.15, 0.2) is 0 Å². The summed E-state index contributed by atoms with van der Waals surface area (Å²) in [6, 6.07) is 5.51. The molecule has 1 saturated heterocycles. The molecule has 3 nitrogen and oxygen atoms in total. The van der Waals surface area contributed by atoms with Crippen molar-refractivity contribution in [2.24, 2.45) is 0 Å². The van der Waals surface area contributed by atoms with E-state index in [1.165, 1.54) is 19.3 Å². The summed E-state index contributed by atoms with van der Waals surface area (Å²) in [5.41, 5.74) is 2.31. The summed E-state index contributed by atoms with van der Waals surface area (Å²) >= 11 is 0. The lowest BCUT2D eigenvalue weighted by molar-refractivity contribution is 0.0938. The number of nitrogens with one attached hydrogen (secondary N) is 1. The van der Waals surface area contributed by atoms with Crippen LogP contribution in [-0.4, -0.2) is 29.0 Å². The standard InChI is InChI=1S/C14H23N3/c1-11-5-4-6-12(2)17(11)10-14-9-13(15-3)7-8-16-14/h7-9,11-12H,4-6,10H2,1-3H3,(H,15,16)/t11-,12+. The molecule has 94 valence electrons. The molecule has 1 aromatic rings. The lowest BCUT2D eigenvalue weighted by atomic mass is 9.97. The molecule has 1 aromatic heterocycles. The Kier molecular flexibility index (Phi) is 4.00. The van der Waals surface area contributed by atoms with Gasteiger partial charge in [0.2, 0.25) is 0 Å². The molecule has 0 spiro atoms. The minimum absolute atomic E-state index is 0.679. The zero-order valence-corrected chi connectivity index (χ0v) is 11.1. The molecule has 0 aliphatic carbocycles. The molecule has 0 saturated carbocycles. The Bertz CT molecular complexity index is 354. The number of hydrogen-bond donors (Lipinski definition) is 1. The Labute approximate surface area is 104 Å². The maximum atomic E-state index is 4.47. The average Bonchev–Trinajstić information content (AvgIpc) is 2.34. The van der Waals surface area contributed by atoms with Gasteiger partial charge in [-0.1, -0.05) is 6.42 Å². The van der Waals surface area contributed by atoms with Crippen LogP contribution >= 0.6 is 0 Å². The second-order valence-corrected chi connectivity index (χ2v) is 5.09. The van der Waals surface area contributed by atoms with Crippen LogP contribution in [0.1, 0.15) is 38.8 Å². The SMILES string of the molecule is CNc1ccnc(CN2[C@H](C)CCC[C@@H]2C)c1. The third kappa shape index (κ3) is 2.97. The van der Waals surface area contributed by atoms with E-state index in [-0.39, 0.29) is 0 Å². The van der Waals surface area contributed by atoms with Gasteiger partial charge >= 0.3 is 0 Å². The Morgan fingerprint density at radius 3 is 2.71 bits per heavy atom. The number of rotatable bonds is 3. The van der Waals surface area contributed by atoms with E-state index in [1.54, 1.807) is 0 Å². The molecule has 1 N–H and O–H groups in total. The summed E-state index contributed by atoms with van der Waals surface area (Å²) < 4.78 is 0. The van der Waals surface area contributed by atoms with E-state index in [4.69, 9.17) is 0 Å². The second-order valence-electron chi connectivity index (χ2n) is 5.09. The van der Waals surface area contributed by atoms with Gasteiger partial charge in [-0.3, -0.25) is 9.88 Å². The zero-order valence-electron chi connectivity index (χ0n) is 11.1. The van der Waals surface area contributed by atoms with E-state index in [9.17, 15) is 0 Å². The Morgan fingerprint density at radius 1 is 1.35 bits per heavy atom. The number of piperidine rings is 1. The van der Waals surface area contributed by atoms with Gasteiger partial charge < -0.3 is 5.32 Å². The molecule has 2 rings (SSSR count). The van der Waals surface area contributed by atoms with Gasteiger partial charge in [-0.15, -0.1) is 0 Å². The third-order valence-corrected chi connectivity index (χ3v) is 3.83. The van der Waals surface area contributed by atoms with Crippen LogP contribution in [0.25, 0.3) is 0 Å². The van der Waals surface area contributed by atoms with Crippen LogP contribution in [0.4, 0.5) is 5.69 Å². The zero-order chi connectivity index (χ0) is 12.3. The molecule has 0 aromatic carbocycles. The van der Waals surface area contributed by atoms with Crippen LogP contribution in [0, 0.1) is 0 Å². The smallest absolute Gasteiger partial charge is 0.0564 e. The van der Waals surface area contributed by atoms with Crippen molar-refractivity contribution in [3.63, 3.8) is 0 Å². The van der Waals surface area contributed by atoms with E-state index in [2.05, 4.69) is 35.1 Å². The maximum absolute atomic E-state index is 4.47. The number of hydrogen-bond acceptors (Lipinski definition) is 3. The fourth-order valence-electron chi connectivity index (χ4n) is 2.69. The van der Waals surface area contributed by atoms with Gasteiger partial charge in [0.05, 0.1) is 5.69 Å².